The van der Waals surface area contributed by atoms with Gasteiger partial charge in [-0.1, -0.05) is 13.3 Å². The number of ether oxygens (including phenoxy) is 1. The van der Waals surface area contributed by atoms with Crippen LogP contribution < -0.4 is 5.73 Å². The molecule has 0 fully saturated rings. The highest BCUT2D eigenvalue weighted by Gasteiger charge is 2.09. The first-order valence-corrected chi connectivity index (χ1v) is 5.33. The maximum absolute atomic E-state index is 5.72. The van der Waals surface area contributed by atoms with Crippen molar-refractivity contribution in [3.05, 3.63) is 17.6 Å². The molecule has 1 atom stereocenters. The number of unbranched alkanes of at least 4 members (excludes halogenated alkanes) is 1. The Morgan fingerprint density at radius 2 is 2.20 bits per heavy atom. The highest BCUT2D eigenvalue weighted by Crippen LogP contribution is 2.14. The van der Waals surface area contributed by atoms with Crippen molar-refractivity contribution in [2.24, 2.45) is 0 Å². The Balaban J connectivity index is 2.84. The van der Waals surface area contributed by atoms with Crippen LogP contribution >= 0.6 is 0 Å². The molecule has 1 heterocycles. The summed E-state index contributed by atoms with van der Waals surface area (Å²) in [6.45, 7) is 4.07. The van der Waals surface area contributed by atoms with Gasteiger partial charge < -0.3 is 10.5 Å². The number of nitrogen functional groups attached to an aromatic ring is 1. The Morgan fingerprint density at radius 1 is 1.47 bits per heavy atom. The van der Waals surface area contributed by atoms with Crippen molar-refractivity contribution in [3.63, 3.8) is 0 Å². The third-order valence-electron chi connectivity index (χ3n) is 2.32. The van der Waals surface area contributed by atoms with E-state index in [-0.39, 0.29) is 6.10 Å². The maximum atomic E-state index is 5.72. The van der Waals surface area contributed by atoms with Gasteiger partial charge >= 0.3 is 0 Å². The topological polar surface area (TPSA) is 61.0 Å². The van der Waals surface area contributed by atoms with E-state index in [0.717, 1.165) is 25.0 Å². The fraction of sp³-hybridized carbons (Fsp3) is 0.636. The van der Waals surface area contributed by atoms with Crippen LogP contribution in [0, 0.1) is 0 Å². The first kappa shape index (κ1) is 11.9. The summed E-state index contributed by atoms with van der Waals surface area (Å²) < 4.78 is 5.17. The molecule has 0 saturated carbocycles. The second kappa shape index (κ2) is 5.66. The third kappa shape index (κ3) is 3.47. The van der Waals surface area contributed by atoms with Gasteiger partial charge in [0.2, 0.25) is 0 Å². The fourth-order valence-electron chi connectivity index (χ4n) is 1.31. The van der Waals surface area contributed by atoms with Crippen molar-refractivity contribution in [3.8, 4) is 0 Å². The Kier molecular flexibility index (Phi) is 4.49. The zero-order valence-electron chi connectivity index (χ0n) is 9.66. The number of hydrogen-bond donors (Lipinski definition) is 1. The van der Waals surface area contributed by atoms with Gasteiger partial charge in [0.05, 0.1) is 0 Å². The van der Waals surface area contributed by atoms with Crippen LogP contribution in [0.25, 0.3) is 0 Å². The Bertz CT molecular complexity index is 315. The number of methoxy groups -OCH3 is 1. The molecule has 84 valence electrons. The van der Waals surface area contributed by atoms with Crippen LogP contribution in [0.2, 0.25) is 0 Å². The third-order valence-corrected chi connectivity index (χ3v) is 2.32. The predicted molar refractivity (Wildman–Crippen MR) is 60.5 cm³/mol. The summed E-state index contributed by atoms with van der Waals surface area (Å²) in [7, 11) is 1.64. The van der Waals surface area contributed by atoms with E-state index < -0.39 is 0 Å². The van der Waals surface area contributed by atoms with Crippen molar-refractivity contribution < 1.29 is 4.74 Å². The van der Waals surface area contributed by atoms with Gasteiger partial charge in [-0.05, 0) is 19.8 Å². The van der Waals surface area contributed by atoms with Gasteiger partial charge in [0.1, 0.15) is 11.9 Å². The van der Waals surface area contributed by atoms with Gasteiger partial charge in [0.25, 0.3) is 0 Å². The van der Waals surface area contributed by atoms with Crippen molar-refractivity contribution >= 4 is 5.82 Å². The molecule has 0 amide bonds. The molecule has 1 aromatic heterocycles. The zero-order chi connectivity index (χ0) is 11.3. The SMILES string of the molecule is CCCCc1cc(N)nc([C@H](C)OC)n1. The van der Waals surface area contributed by atoms with E-state index in [1.54, 1.807) is 7.11 Å². The second-order valence-corrected chi connectivity index (χ2v) is 3.62. The Morgan fingerprint density at radius 3 is 2.80 bits per heavy atom. The van der Waals surface area contributed by atoms with E-state index in [0.29, 0.717) is 11.6 Å². The van der Waals surface area contributed by atoms with E-state index in [4.69, 9.17) is 10.5 Å². The largest absolute Gasteiger partial charge is 0.384 e. The van der Waals surface area contributed by atoms with E-state index in [9.17, 15) is 0 Å². The summed E-state index contributed by atoms with van der Waals surface area (Å²) >= 11 is 0. The molecular weight excluding hydrogens is 190 g/mol. The van der Waals surface area contributed by atoms with E-state index in [2.05, 4.69) is 16.9 Å². The maximum Gasteiger partial charge on any atom is 0.159 e. The lowest BCUT2D eigenvalue weighted by atomic mass is 10.2. The molecule has 0 aliphatic carbocycles. The van der Waals surface area contributed by atoms with Gasteiger partial charge in [0, 0.05) is 18.9 Å². The van der Waals surface area contributed by atoms with Crippen LogP contribution in [0.4, 0.5) is 5.82 Å². The lowest BCUT2D eigenvalue weighted by molar-refractivity contribution is 0.112. The molecule has 1 rings (SSSR count). The van der Waals surface area contributed by atoms with Gasteiger partial charge in [-0.15, -0.1) is 0 Å². The van der Waals surface area contributed by atoms with Crippen molar-refractivity contribution in [1.82, 2.24) is 9.97 Å². The molecule has 15 heavy (non-hydrogen) atoms. The monoisotopic (exact) mass is 209 g/mol. The number of nitrogens with zero attached hydrogens (tertiary/aromatic N) is 2. The number of hydrogen-bond acceptors (Lipinski definition) is 4. The van der Waals surface area contributed by atoms with Gasteiger partial charge in [-0.3, -0.25) is 0 Å². The van der Waals surface area contributed by atoms with Crippen molar-refractivity contribution in [1.29, 1.82) is 0 Å². The number of anilines is 1. The van der Waals surface area contributed by atoms with Crippen LogP contribution in [0.15, 0.2) is 6.07 Å². The Hall–Kier alpha value is -1.16. The first-order valence-electron chi connectivity index (χ1n) is 5.33. The van der Waals surface area contributed by atoms with Crippen LogP contribution in [0.1, 0.15) is 44.3 Å². The van der Waals surface area contributed by atoms with E-state index in [1.807, 2.05) is 13.0 Å². The first-order chi connectivity index (χ1) is 7.17. The number of nitrogens with two attached hydrogens (primary N) is 1. The summed E-state index contributed by atoms with van der Waals surface area (Å²) in [5.74, 6) is 1.19. The standard InChI is InChI=1S/C11H19N3O/c1-4-5-6-9-7-10(12)14-11(13-9)8(2)15-3/h7-8H,4-6H2,1-3H3,(H2,12,13,14)/t8-/m0/s1. The minimum atomic E-state index is -0.103. The lowest BCUT2D eigenvalue weighted by Crippen LogP contribution is -2.07. The van der Waals surface area contributed by atoms with Crippen LogP contribution in [-0.4, -0.2) is 17.1 Å². The molecule has 1 aromatic rings. The highest BCUT2D eigenvalue weighted by atomic mass is 16.5. The summed E-state index contributed by atoms with van der Waals surface area (Å²) in [5, 5.41) is 0. The fourth-order valence-corrected chi connectivity index (χ4v) is 1.31. The number of aromatic nitrogens is 2. The van der Waals surface area contributed by atoms with Gasteiger partial charge in [-0.25, -0.2) is 9.97 Å². The van der Waals surface area contributed by atoms with Gasteiger partial charge in [-0.2, -0.15) is 0 Å². The number of rotatable bonds is 5. The molecule has 0 bridgehead atoms. The second-order valence-electron chi connectivity index (χ2n) is 3.62. The summed E-state index contributed by atoms with van der Waals surface area (Å²) in [5.41, 5.74) is 6.72. The average molecular weight is 209 g/mol. The average Bonchev–Trinajstić information content (AvgIpc) is 2.24. The number of aryl methyl sites for hydroxylation is 1. The molecule has 4 heteroatoms. The molecular formula is C11H19N3O. The summed E-state index contributed by atoms with van der Waals surface area (Å²) in [4.78, 5) is 8.58. The van der Waals surface area contributed by atoms with Crippen LogP contribution in [-0.2, 0) is 11.2 Å². The normalized spacial score (nSPS) is 12.7. The molecule has 0 saturated heterocycles. The molecule has 0 aromatic carbocycles. The molecule has 0 spiro atoms. The van der Waals surface area contributed by atoms with Crippen molar-refractivity contribution in [2.45, 2.75) is 39.2 Å². The smallest absolute Gasteiger partial charge is 0.159 e. The van der Waals surface area contributed by atoms with Crippen LogP contribution in [0.5, 0.6) is 0 Å². The summed E-state index contributed by atoms with van der Waals surface area (Å²) in [6, 6.07) is 1.83. The molecule has 2 N–H and O–H groups in total. The molecule has 0 aliphatic rings. The summed E-state index contributed by atoms with van der Waals surface area (Å²) in [6.07, 6.45) is 3.12. The quantitative estimate of drug-likeness (QED) is 0.806. The molecule has 0 radical (unpaired) electrons. The lowest BCUT2D eigenvalue weighted by Gasteiger charge is -2.10. The van der Waals surface area contributed by atoms with Crippen molar-refractivity contribution in [2.75, 3.05) is 12.8 Å². The highest BCUT2D eigenvalue weighted by molar-refractivity contribution is 5.30. The Labute approximate surface area is 90.9 Å². The minimum Gasteiger partial charge on any atom is -0.384 e. The minimum absolute atomic E-state index is 0.103. The van der Waals surface area contributed by atoms with E-state index in [1.165, 1.54) is 0 Å². The molecule has 0 aliphatic heterocycles. The molecule has 4 nitrogen and oxygen atoms in total. The van der Waals surface area contributed by atoms with Gasteiger partial charge in [0.15, 0.2) is 5.82 Å². The van der Waals surface area contributed by atoms with Crippen LogP contribution in [0.3, 0.4) is 0 Å². The molecule has 0 unspecified atom stereocenters. The predicted octanol–water partition coefficient (Wildman–Crippen LogP) is 2.11. The zero-order valence-corrected chi connectivity index (χ0v) is 9.66. The van der Waals surface area contributed by atoms with E-state index >= 15 is 0 Å².